The van der Waals surface area contributed by atoms with Gasteiger partial charge in [-0.1, -0.05) is 37.3 Å². The van der Waals surface area contributed by atoms with Gasteiger partial charge in [0.25, 0.3) is 0 Å². The first-order chi connectivity index (χ1) is 10.5. The maximum Gasteiger partial charge on any atom is 0.321 e. The summed E-state index contributed by atoms with van der Waals surface area (Å²) in [7, 11) is 0. The molecule has 0 saturated carbocycles. The van der Waals surface area contributed by atoms with Crippen molar-refractivity contribution in [3.05, 3.63) is 40.4 Å². The van der Waals surface area contributed by atoms with Crippen LogP contribution >= 0.6 is 11.3 Å². The van der Waals surface area contributed by atoms with E-state index >= 15 is 0 Å². The van der Waals surface area contributed by atoms with Crippen molar-refractivity contribution in [2.75, 3.05) is 5.32 Å². The van der Waals surface area contributed by atoms with Crippen LogP contribution in [0.2, 0.25) is 0 Å². The van der Waals surface area contributed by atoms with E-state index in [9.17, 15) is 4.79 Å². The quantitative estimate of drug-likeness (QED) is 0.904. The Balaban J connectivity index is 1.94. The molecule has 2 aromatic rings. The maximum atomic E-state index is 12.0. The number of anilines is 1. The average molecular weight is 315 g/mol. The van der Waals surface area contributed by atoms with Gasteiger partial charge in [-0.2, -0.15) is 5.26 Å². The van der Waals surface area contributed by atoms with Crippen molar-refractivity contribution in [2.45, 2.75) is 32.7 Å². The van der Waals surface area contributed by atoms with Crippen molar-refractivity contribution in [2.24, 2.45) is 0 Å². The van der Waals surface area contributed by atoms with Gasteiger partial charge in [0.1, 0.15) is 5.01 Å². The van der Waals surface area contributed by atoms with Gasteiger partial charge in [0, 0.05) is 5.92 Å². The van der Waals surface area contributed by atoms with Crippen LogP contribution in [-0.4, -0.2) is 16.2 Å². The van der Waals surface area contributed by atoms with E-state index < -0.39 is 0 Å². The van der Waals surface area contributed by atoms with Crippen LogP contribution < -0.4 is 10.6 Å². The van der Waals surface area contributed by atoms with Crippen LogP contribution in [0.1, 0.15) is 48.9 Å². The zero-order valence-corrected chi connectivity index (χ0v) is 13.4. The topological polar surface area (TPSA) is 90.7 Å². The van der Waals surface area contributed by atoms with E-state index in [0.29, 0.717) is 10.7 Å². The first-order valence-corrected chi connectivity index (χ1v) is 7.72. The Morgan fingerprint density at radius 3 is 2.45 bits per heavy atom. The van der Waals surface area contributed by atoms with E-state index in [1.54, 1.807) is 12.1 Å². The van der Waals surface area contributed by atoms with Crippen molar-refractivity contribution in [3.63, 3.8) is 0 Å². The van der Waals surface area contributed by atoms with E-state index in [0.717, 1.165) is 10.6 Å². The molecule has 0 spiro atoms. The van der Waals surface area contributed by atoms with Crippen LogP contribution in [0.3, 0.4) is 0 Å². The molecule has 6 nitrogen and oxygen atoms in total. The number of nitrogens with one attached hydrogen (secondary N) is 2. The van der Waals surface area contributed by atoms with E-state index in [1.165, 1.54) is 11.3 Å². The summed E-state index contributed by atoms with van der Waals surface area (Å²) in [5.41, 5.74) is 1.52. The molecule has 1 atom stereocenters. The molecule has 2 rings (SSSR count). The molecule has 1 aromatic carbocycles. The summed E-state index contributed by atoms with van der Waals surface area (Å²) in [5, 5.41) is 23.6. The van der Waals surface area contributed by atoms with Crippen LogP contribution in [-0.2, 0) is 0 Å². The fourth-order valence-electron chi connectivity index (χ4n) is 1.78. The van der Waals surface area contributed by atoms with E-state index in [2.05, 4.69) is 26.9 Å². The Hall–Kier alpha value is -2.46. The molecule has 1 aromatic heterocycles. The zero-order valence-electron chi connectivity index (χ0n) is 12.6. The number of benzene rings is 1. The van der Waals surface area contributed by atoms with Crippen LogP contribution in [0.4, 0.5) is 9.93 Å². The number of hydrogen-bond donors (Lipinski definition) is 2. The third-order valence-corrected chi connectivity index (χ3v) is 4.18. The Morgan fingerprint density at radius 2 is 1.91 bits per heavy atom. The summed E-state index contributed by atoms with van der Waals surface area (Å²) in [5.74, 6) is 0.286. The molecule has 2 amide bonds. The molecule has 0 fully saturated rings. The van der Waals surface area contributed by atoms with Crippen molar-refractivity contribution < 1.29 is 4.79 Å². The number of carbonyl (C=O) groups is 1. The highest BCUT2D eigenvalue weighted by atomic mass is 32.1. The summed E-state index contributed by atoms with van der Waals surface area (Å²) in [6.07, 6.45) is 0. The summed E-state index contributed by atoms with van der Waals surface area (Å²) in [4.78, 5) is 12.0. The molecule has 7 heteroatoms. The number of urea groups is 1. The molecule has 1 heterocycles. The van der Waals surface area contributed by atoms with Gasteiger partial charge in [0.15, 0.2) is 0 Å². The molecule has 0 saturated heterocycles. The summed E-state index contributed by atoms with van der Waals surface area (Å²) >= 11 is 1.37. The lowest BCUT2D eigenvalue weighted by Crippen LogP contribution is -2.31. The Labute approximate surface area is 133 Å². The highest BCUT2D eigenvalue weighted by Gasteiger charge is 2.13. The molecule has 2 N–H and O–H groups in total. The standard InChI is InChI=1S/C15H17N5OS/c1-9(2)13-19-20-15(22-13)18-14(21)17-10(3)12-6-4-11(8-16)5-7-12/h4-7,9-10H,1-3H3,(H2,17,18,20,21)/t10-/m0/s1. The second kappa shape index (κ2) is 7.00. The lowest BCUT2D eigenvalue weighted by molar-refractivity contribution is 0.249. The lowest BCUT2D eigenvalue weighted by atomic mass is 10.1. The van der Waals surface area contributed by atoms with Crippen molar-refractivity contribution in [1.29, 1.82) is 5.26 Å². The molecule has 0 bridgehead atoms. The van der Waals surface area contributed by atoms with E-state index in [4.69, 9.17) is 5.26 Å². The Morgan fingerprint density at radius 1 is 1.23 bits per heavy atom. The maximum absolute atomic E-state index is 12.0. The second-order valence-corrected chi connectivity index (χ2v) is 6.16. The fourth-order valence-corrected chi connectivity index (χ4v) is 2.52. The van der Waals surface area contributed by atoms with Crippen LogP contribution in [0.25, 0.3) is 0 Å². The number of nitriles is 1. The first kappa shape index (κ1) is 15.9. The third-order valence-electron chi connectivity index (χ3n) is 3.04. The smallest absolute Gasteiger partial charge is 0.321 e. The van der Waals surface area contributed by atoms with Crippen molar-refractivity contribution >= 4 is 22.5 Å². The summed E-state index contributed by atoms with van der Waals surface area (Å²) in [6.45, 7) is 5.93. The second-order valence-electron chi connectivity index (χ2n) is 5.15. The highest BCUT2D eigenvalue weighted by Crippen LogP contribution is 2.22. The van der Waals surface area contributed by atoms with Crippen LogP contribution in [0.5, 0.6) is 0 Å². The first-order valence-electron chi connectivity index (χ1n) is 6.90. The average Bonchev–Trinajstić information content (AvgIpc) is 2.95. The lowest BCUT2D eigenvalue weighted by Gasteiger charge is -2.14. The van der Waals surface area contributed by atoms with E-state index in [-0.39, 0.29) is 18.0 Å². The molecular weight excluding hydrogens is 298 g/mol. The normalized spacial score (nSPS) is 11.8. The molecule has 114 valence electrons. The Bertz CT molecular complexity index is 687. The monoisotopic (exact) mass is 315 g/mol. The number of aromatic nitrogens is 2. The Kier molecular flexibility index (Phi) is 5.07. The van der Waals surface area contributed by atoms with Crippen LogP contribution in [0.15, 0.2) is 24.3 Å². The predicted octanol–water partition coefficient (Wildman–Crippen LogP) is 3.42. The molecule has 0 radical (unpaired) electrons. The van der Waals surface area contributed by atoms with Gasteiger partial charge >= 0.3 is 6.03 Å². The number of nitrogens with zero attached hydrogens (tertiary/aromatic N) is 3. The molecule has 22 heavy (non-hydrogen) atoms. The SMILES string of the molecule is CC(C)c1nnc(NC(=O)N[C@@H](C)c2ccc(C#N)cc2)s1. The molecule has 0 aliphatic heterocycles. The zero-order chi connectivity index (χ0) is 16.1. The van der Waals surface area contributed by atoms with Gasteiger partial charge < -0.3 is 5.32 Å². The van der Waals surface area contributed by atoms with Gasteiger partial charge in [-0.25, -0.2) is 4.79 Å². The highest BCUT2D eigenvalue weighted by molar-refractivity contribution is 7.15. The molecule has 0 aliphatic carbocycles. The predicted molar refractivity (Wildman–Crippen MR) is 85.7 cm³/mol. The summed E-state index contributed by atoms with van der Waals surface area (Å²) < 4.78 is 0. The van der Waals surface area contributed by atoms with Gasteiger partial charge in [-0.15, -0.1) is 10.2 Å². The molecule has 0 aliphatic rings. The van der Waals surface area contributed by atoms with Gasteiger partial charge in [-0.3, -0.25) is 5.32 Å². The molecule has 0 unspecified atom stereocenters. The third kappa shape index (κ3) is 4.02. The van der Waals surface area contributed by atoms with Crippen molar-refractivity contribution in [1.82, 2.24) is 15.5 Å². The van der Waals surface area contributed by atoms with Crippen LogP contribution in [0, 0.1) is 11.3 Å². The number of rotatable bonds is 4. The number of carbonyl (C=O) groups excluding carboxylic acids is 1. The number of hydrogen-bond acceptors (Lipinski definition) is 5. The number of amides is 2. The van der Waals surface area contributed by atoms with Gasteiger partial charge in [0.2, 0.25) is 5.13 Å². The minimum Gasteiger partial charge on any atom is -0.331 e. The van der Waals surface area contributed by atoms with Gasteiger partial charge in [0.05, 0.1) is 17.7 Å². The molecular formula is C15H17N5OS. The largest absolute Gasteiger partial charge is 0.331 e. The van der Waals surface area contributed by atoms with Gasteiger partial charge in [-0.05, 0) is 24.6 Å². The van der Waals surface area contributed by atoms with E-state index in [1.807, 2.05) is 32.9 Å². The van der Waals surface area contributed by atoms with Crippen molar-refractivity contribution in [3.8, 4) is 6.07 Å². The minimum absolute atomic E-state index is 0.176. The minimum atomic E-state index is -0.330. The fraction of sp³-hybridized carbons (Fsp3) is 0.333. The summed E-state index contributed by atoms with van der Waals surface area (Å²) in [6, 6.07) is 8.66.